The predicted octanol–water partition coefficient (Wildman–Crippen LogP) is 2.54. The zero-order valence-corrected chi connectivity index (χ0v) is 14.6. The summed E-state index contributed by atoms with van der Waals surface area (Å²) in [4.78, 5) is 0.154. The fourth-order valence-corrected chi connectivity index (χ4v) is 4.35. The van der Waals surface area contributed by atoms with Crippen LogP contribution in [0.3, 0.4) is 0 Å². The number of nitrogens with one attached hydrogen (secondary N) is 1. The Labute approximate surface area is 142 Å². The lowest BCUT2D eigenvalue weighted by Crippen LogP contribution is -2.34. The summed E-state index contributed by atoms with van der Waals surface area (Å²) >= 11 is 0. The minimum atomic E-state index is -3.63. The van der Waals surface area contributed by atoms with E-state index < -0.39 is 10.0 Å². The SMILES string of the molecule is COc1ccccc1S(=O)(=O)NC(C)Cc1ccc2c(c1)CCO2. The first kappa shape index (κ1) is 16.8. The Morgan fingerprint density at radius 3 is 2.83 bits per heavy atom. The largest absolute Gasteiger partial charge is 0.495 e. The van der Waals surface area contributed by atoms with Gasteiger partial charge in [0.25, 0.3) is 0 Å². The molecule has 0 bridgehead atoms. The molecule has 1 atom stereocenters. The van der Waals surface area contributed by atoms with E-state index in [-0.39, 0.29) is 10.9 Å². The first-order valence-electron chi connectivity index (χ1n) is 7.89. The monoisotopic (exact) mass is 347 g/mol. The fourth-order valence-electron chi connectivity index (χ4n) is 2.93. The van der Waals surface area contributed by atoms with Crippen molar-refractivity contribution < 1.29 is 17.9 Å². The molecule has 24 heavy (non-hydrogen) atoms. The second-order valence-corrected chi connectivity index (χ2v) is 7.60. The first-order valence-corrected chi connectivity index (χ1v) is 9.38. The number of benzene rings is 2. The summed E-state index contributed by atoms with van der Waals surface area (Å²) in [6.07, 6.45) is 1.52. The summed E-state index contributed by atoms with van der Waals surface area (Å²) in [6.45, 7) is 2.57. The van der Waals surface area contributed by atoms with Crippen LogP contribution in [0.15, 0.2) is 47.4 Å². The topological polar surface area (TPSA) is 64.6 Å². The number of sulfonamides is 1. The highest BCUT2D eigenvalue weighted by molar-refractivity contribution is 7.89. The van der Waals surface area contributed by atoms with E-state index in [1.54, 1.807) is 24.3 Å². The van der Waals surface area contributed by atoms with Gasteiger partial charge in [0.15, 0.2) is 0 Å². The normalized spacial score (nSPS) is 14.8. The molecule has 0 aromatic heterocycles. The van der Waals surface area contributed by atoms with Crippen LogP contribution in [0, 0.1) is 0 Å². The highest BCUT2D eigenvalue weighted by Crippen LogP contribution is 2.27. The van der Waals surface area contributed by atoms with Gasteiger partial charge in [-0.1, -0.05) is 24.3 Å². The maximum Gasteiger partial charge on any atom is 0.244 e. The Morgan fingerprint density at radius 2 is 2.04 bits per heavy atom. The summed E-state index contributed by atoms with van der Waals surface area (Å²) in [6, 6.07) is 12.4. The number of hydrogen-bond acceptors (Lipinski definition) is 4. The number of para-hydroxylation sites is 1. The minimum Gasteiger partial charge on any atom is -0.495 e. The van der Waals surface area contributed by atoms with E-state index in [2.05, 4.69) is 10.8 Å². The standard InChI is InChI=1S/C18H21NO4S/c1-13(11-14-7-8-16-15(12-14)9-10-23-16)19-24(20,21)18-6-4-3-5-17(18)22-2/h3-8,12-13,19H,9-11H2,1-2H3. The summed E-state index contributed by atoms with van der Waals surface area (Å²) in [5.74, 6) is 1.27. The van der Waals surface area contributed by atoms with E-state index in [4.69, 9.17) is 9.47 Å². The molecule has 0 amide bonds. The molecule has 0 aliphatic carbocycles. The van der Waals surface area contributed by atoms with Crippen molar-refractivity contribution in [1.29, 1.82) is 0 Å². The molecule has 0 radical (unpaired) electrons. The van der Waals surface area contributed by atoms with Crippen molar-refractivity contribution in [3.8, 4) is 11.5 Å². The fraction of sp³-hybridized carbons (Fsp3) is 0.333. The van der Waals surface area contributed by atoms with Gasteiger partial charge in [-0.3, -0.25) is 0 Å². The lowest BCUT2D eigenvalue weighted by molar-refractivity contribution is 0.357. The van der Waals surface area contributed by atoms with Crippen LogP contribution in [0.25, 0.3) is 0 Å². The lowest BCUT2D eigenvalue weighted by atomic mass is 10.0. The van der Waals surface area contributed by atoms with Gasteiger partial charge in [0.05, 0.1) is 13.7 Å². The molecule has 5 nitrogen and oxygen atoms in total. The predicted molar refractivity (Wildman–Crippen MR) is 92.1 cm³/mol. The van der Waals surface area contributed by atoms with Gasteiger partial charge in [0, 0.05) is 12.5 Å². The highest BCUT2D eigenvalue weighted by Gasteiger charge is 2.22. The summed E-state index contributed by atoms with van der Waals surface area (Å²) in [5, 5.41) is 0. The number of rotatable bonds is 6. The summed E-state index contributed by atoms with van der Waals surface area (Å²) in [5.41, 5.74) is 2.28. The van der Waals surface area contributed by atoms with Crippen LogP contribution in [0.5, 0.6) is 11.5 Å². The molecule has 1 heterocycles. The Kier molecular flexibility index (Phi) is 4.78. The molecule has 1 aliphatic rings. The lowest BCUT2D eigenvalue weighted by Gasteiger charge is -2.16. The van der Waals surface area contributed by atoms with Crippen LogP contribution in [0.1, 0.15) is 18.1 Å². The number of hydrogen-bond donors (Lipinski definition) is 1. The molecule has 0 spiro atoms. The molecule has 1 N–H and O–H groups in total. The van der Waals surface area contributed by atoms with E-state index >= 15 is 0 Å². The molecular formula is C18H21NO4S. The molecule has 0 fully saturated rings. The molecule has 2 aromatic carbocycles. The van der Waals surface area contributed by atoms with Gasteiger partial charge in [-0.15, -0.1) is 0 Å². The summed E-state index contributed by atoms with van der Waals surface area (Å²) < 4.78 is 38.5. The number of methoxy groups -OCH3 is 1. The van der Waals surface area contributed by atoms with Gasteiger partial charge >= 0.3 is 0 Å². The van der Waals surface area contributed by atoms with E-state index in [0.717, 1.165) is 24.3 Å². The average Bonchev–Trinajstić information content (AvgIpc) is 3.01. The molecule has 0 saturated carbocycles. The molecule has 0 saturated heterocycles. The van der Waals surface area contributed by atoms with Crippen LogP contribution in [0.4, 0.5) is 0 Å². The van der Waals surface area contributed by atoms with E-state index in [1.165, 1.54) is 12.7 Å². The maximum absolute atomic E-state index is 12.6. The highest BCUT2D eigenvalue weighted by atomic mass is 32.2. The Bertz CT molecular complexity index is 833. The first-order chi connectivity index (χ1) is 11.5. The van der Waals surface area contributed by atoms with Crippen molar-refractivity contribution in [1.82, 2.24) is 4.72 Å². The molecule has 1 aliphatic heterocycles. The van der Waals surface area contributed by atoms with Crippen molar-refractivity contribution in [2.75, 3.05) is 13.7 Å². The third-order valence-corrected chi connectivity index (χ3v) is 5.64. The molecule has 1 unspecified atom stereocenters. The van der Waals surface area contributed by atoms with E-state index in [0.29, 0.717) is 12.2 Å². The van der Waals surface area contributed by atoms with Gasteiger partial charge in [0.1, 0.15) is 16.4 Å². The van der Waals surface area contributed by atoms with Crippen molar-refractivity contribution in [3.63, 3.8) is 0 Å². The van der Waals surface area contributed by atoms with Gasteiger partial charge in [-0.2, -0.15) is 0 Å². The molecular weight excluding hydrogens is 326 g/mol. The Balaban J connectivity index is 1.73. The zero-order valence-electron chi connectivity index (χ0n) is 13.8. The summed E-state index contributed by atoms with van der Waals surface area (Å²) in [7, 11) is -2.17. The van der Waals surface area contributed by atoms with Crippen molar-refractivity contribution in [2.45, 2.75) is 30.7 Å². The molecule has 2 aromatic rings. The van der Waals surface area contributed by atoms with Gasteiger partial charge in [-0.25, -0.2) is 13.1 Å². The van der Waals surface area contributed by atoms with Crippen LogP contribution >= 0.6 is 0 Å². The third-order valence-electron chi connectivity index (χ3n) is 4.01. The van der Waals surface area contributed by atoms with Crippen molar-refractivity contribution in [2.24, 2.45) is 0 Å². The molecule has 6 heteroatoms. The van der Waals surface area contributed by atoms with E-state index in [1.807, 2.05) is 19.1 Å². The van der Waals surface area contributed by atoms with Gasteiger partial charge < -0.3 is 9.47 Å². The smallest absolute Gasteiger partial charge is 0.244 e. The zero-order chi connectivity index (χ0) is 17.2. The van der Waals surface area contributed by atoms with Crippen LogP contribution in [-0.2, 0) is 22.9 Å². The van der Waals surface area contributed by atoms with Crippen molar-refractivity contribution in [3.05, 3.63) is 53.6 Å². The van der Waals surface area contributed by atoms with Crippen LogP contribution in [0.2, 0.25) is 0 Å². The van der Waals surface area contributed by atoms with E-state index in [9.17, 15) is 8.42 Å². The molecule has 128 valence electrons. The quantitative estimate of drug-likeness (QED) is 0.872. The van der Waals surface area contributed by atoms with Gasteiger partial charge in [0.2, 0.25) is 10.0 Å². The Hall–Kier alpha value is -2.05. The van der Waals surface area contributed by atoms with Gasteiger partial charge in [-0.05, 0) is 42.7 Å². The maximum atomic E-state index is 12.6. The third kappa shape index (κ3) is 3.55. The van der Waals surface area contributed by atoms with Crippen molar-refractivity contribution >= 4 is 10.0 Å². The van der Waals surface area contributed by atoms with Crippen LogP contribution < -0.4 is 14.2 Å². The number of fused-ring (bicyclic) bond motifs is 1. The van der Waals surface area contributed by atoms with Crippen LogP contribution in [-0.4, -0.2) is 28.2 Å². The second kappa shape index (κ2) is 6.83. The minimum absolute atomic E-state index is 0.154. The average molecular weight is 347 g/mol. The molecule has 3 rings (SSSR count). The number of ether oxygens (including phenoxy) is 2. The second-order valence-electron chi connectivity index (χ2n) is 5.92. The Morgan fingerprint density at radius 1 is 1.25 bits per heavy atom.